The number of nitrogens with two attached hydrogens (primary N) is 1. The van der Waals surface area contributed by atoms with Crippen molar-refractivity contribution in [2.75, 3.05) is 20.6 Å². The Labute approximate surface area is 211 Å². The number of halogens is 1. The Hall–Kier alpha value is -4.54. The standard InChI is InChI=1S/C27H24FN9/c1-37(2)14-20(29)16-9-17(11-18(28)10-16)24-26-22(5-6-32-24)33-27(34-26)25-19-12-15(3-4-21(19)35-36-25)23-13-30-7-8-31-23/h3-13,20H,14,29H2,1-2H3,(H,33,34)(H,35,36). The van der Waals surface area contributed by atoms with Gasteiger partial charge in [0.05, 0.1) is 28.6 Å². The summed E-state index contributed by atoms with van der Waals surface area (Å²) in [7, 11) is 3.87. The molecule has 9 nitrogen and oxygen atoms in total. The third-order valence-corrected chi connectivity index (χ3v) is 6.23. The Balaban J connectivity index is 1.45. The molecule has 0 aliphatic heterocycles. The Kier molecular flexibility index (Phi) is 5.67. The number of likely N-dealkylation sites (N-methyl/N-ethyl adjacent to an activating group) is 1. The van der Waals surface area contributed by atoms with Crippen LogP contribution in [0.25, 0.3) is 56.0 Å². The molecule has 6 aromatic rings. The summed E-state index contributed by atoms with van der Waals surface area (Å²) in [6.07, 6.45) is 6.70. The summed E-state index contributed by atoms with van der Waals surface area (Å²) in [5, 5.41) is 8.48. The first-order valence-corrected chi connectivity index (χ1v) is 11.8. The van der Waals surface area contributed by atoms with Gasteiger partial charge >= 0.3 is 0 Å². The van der Waals surface area contributed by atoms with Crippen LogP contribution >= 0.6 is 0 Å². The number of H-pyrrole nitrogens is 2. The fourth-order valence-electron chi connectivity index (χ4n) is 4.52. The van der Waals surface area contributed by atoms with E-state index < -0.39 is 0 Å². The van der Waals surface area contributed by atoms with E-state index in [1.165, 1.54) is 12.1 Å². The molecule has 0 aliphatic rings. The molecular weight excluding hydrogens is 469 g/mol. The monoisotopic (exact) mass is 493 g/mol. The largest absolute Gasteiger partial charge is 0.336 e. The van der Waals surface area contributed by atoms with Crippen molar-refractivity contribution in [1.82, 2.24) is 40.0 Å². The maximum absolute atomic E-state index is 14.6. The van der Waals surface area contributed by atoms with Crippen LogP contribution in [-0.2, 0) is 0 Å². The van der Waals surface area contributed by atoms with Crippen LogP contribution in [0.1, 0.15) is 11.6 Å². The molecule has 1 unspecified atom stereocenters. The van der Waals surface area contributed by atoms with Crippen molar-refractivity contribution in [3.8, 4) is 34.0 Å². The summed E-state index contributed by atoms with van der Waals surface area (Å²) in [6, 6.07) is 12.2. The molecule has 0 aliphatic carbocycles. The van der Waals surface area contributed by atoms with Crippen LogP contribution in [0.3, 0.4) is 0 Å². The van der Waals surface area contributed by atoms with Gasteiger partial charge in [-0.25, -0.2) is 9.37 Å². The van der Waals surface area contributed by atoms with Gasteiger partial charge in [-0.3, -0.25) is 20.1 Å². The summed E-state index contributed by atoms with van der Waals surface area (Å²) in [5.41, 5.74) is 12.8. The number of imidazole rings is 1. The van der Waals surface area contributed by atoms with E-state index in [2.05, 4.69) is 30.1 Å². The number of pyridine rings is 1. The Morgan fingerprint density at radius 3 is 2.65 bits per heavy atom. The number of aromatic nitrogens is 7. The summed E-state index contributed by atoms with van der Waals surface area (Å²) in [4.78, 5) is 23.3. The highest BCUT2D eigenvalue weighted by Gasteiger charge is 2.18. The second-order valence-electron chi connectivity index (χ2n) is 9.21. The van der Waals surface area contributed by atoms with Crippen LogP contribution in [0.15, 0.2) is 67.3 Å². The SMILES string of the molecule is CN(C)CC(N)c1cc(F)cc(-c2nccc3[nH]c(-c4n[nH]c5ccc(-c6cnccn6)cc45)nc23)c1. The van der Waals surface area contributed by atoms with E-state index >= 15 is 0 Å². The highest BCUT2D eigenvalue weighted by Crippen LogP contribution is 2.33. The summed E-state index contributed by atoms with van der Waals surface area (Å²) >= 11 is 0. The molecule has 0 fully saturated rings. The van der Waals surface area contributed by atoms with Crippen molar-refractivity contribution >= 4 is 21.9 Å². The summed E-state index contributed by atoms with van der Waals surface area (Å²) < 4.78 is 14.6. The molecule has 2 aromatic carbocycles. The molecule has 0 bridgehead atoms. The topological polar surface area (TPSA) is 125 Å². The van der Waals surface area contributed by atoms with Gasteiger partial charge < -0.3 is 15.6 Å². The Morgan fingerprint density at radius 1 is 0.946 bits per heavy atom. The van der Waals surface area contributed by atoms with E-state index in [1.54, 1.807) is 24.8 Å². The maximum Gasteiger partial charge on any atom is 0.159 e. The molecule has 10 heteroatoms. The molecule has 0 amide bonds. The number of rotatable bonds is 6. The van der Waals surface area contributed by atoms with Crippen LogP contribution in [0.4, 0.5) is 4.39 Å². The van der Waals surface area contributed by atoms with Crippen molar-refractivity contribution in [2.45, 2.75) is 6.04 Å². The highest BCUT2D eigenvalue weighted by atomic mass is 19.1. The second-order valence-corrected chi connectivity index (χ2v) is 9.21. The lowest BCUT2D eigenvalue weighted by Crippen LogP contribution is -2.26. The van der Waals surface area contributed by atoms with E-state index in [0.29, 0.717) is 40.4 Å². The number of nitrogens with zero attached hydrogens (tertiary/aromatic N) is 6. The van der Waals surface area contributed by atoms with Gasteiger partial charge in [-0.2, -0.15) is 5.10 Å². The van der Waals surface area contributed by atoms with Crippen molar-refractivity contribution in [3.05, 3.63) is 78.6 Å². The van der Waals surface area contributed by atoms with Crippen LogP contribution < -0.4 is 5.73 Å². The molecule has 0 radical (unpaired) electrons. The highest BCUT2D eigenvalue weighted by molar-refractivity contribution is 5.97. The van der Waals surface area contributed by atoms with Gasteiger partial charge in [-0.15, -0.1) is 0 Å². The summed E-state index contributed by atoms with van der Waals surface area (Å²) in [6.45, 7) is 0.593. The number of hydrogen-bond donors (Lipinski definition) is 3. The lowest BCUT2D eigenvalue weighted by Gasteiger charge is -2.18. The first kappa shape index (κ1) is 22.9. The minimum absolute atomic E-state index is 0.336. The molecule has 1 atom stereocenters. The predicted octanol–water partition coefficient (Wildman–Crippen LogP) is 4.33. The average Bonchev–Trinajstić information content (AvgIpc) is 3.52. The van der Waals surface area contributed by atoms with Crippen LogP contribution in [0, 0.1) is 5.82 Å². The van der Waals surface area contributed by atoms with Gasteiger partial charge in [0, 0.05) is 47.7 Å². The van der Waals surface area contributed by atoms with Crippen LogP contribution in [0.2, 0.25) is 0 Å². The molecule has 0 spiro atoms. The van der Waals surface area contributed by atoms with Crippen molar-refractivity contribution in [3.63, 3.8) is 0 Å². The van der Waals surface area contributed by atoms with Gasteiger partial charge in [0.1, 0.15) is 17.0 Å². The number of aromatic amines is 2. The predicted molar refractivity (Wildman–Crippen MR) is 141 cm³/mol. The number of benzene rings is 2. The first-order chi connectivity index (χ1) is 18.0. The van der Waals surface area contributed by atoms with Crippen molar-refractivity contribution in [2.24, 2.45) is 5.73 Å². The van der Waals surface area contributed by atoms with Crippen molar-refractivity contribution in [1.29, 1.82) is 0 Å². The van der Waals surface area contributed by atoms with Gasteiger partial charge in [0.2, 0.25) is 0 Å². The van der Waals surface area contributed by atoms with Gasteiger partial charge in [-0.05, 0) is 56.1 Å². The average molecular weight is 494 g/mol. The molecule has 4 N–H and O–H groups in total. The zero-order chi connectivity index (χ0) is 25.5. The fourth-order valence-corrected chi connectivity index (χ4v) is 4.52. The number of nitrogens with one attached hydrogen (secondary N) is 2. The minimum atomic E-state index is -0.369. The van der Waals surface area contributed by atoms with Gasteiger partial charge in [-0.1, -0.05) is 6.07 Å². The smallest absolute Gasteiger partial charge is 0.159 e. The first-order valence-electron chi connectivity index (χ1n) is 11.8. The van der Waals surface area contributed by atoms with E-state index in [4.69, 9.17) is 10.7 Å². The summed E-state index contributed by atoms with van der Waals surface area (Å²) in [5.74, 6) is 0.207. The second kappa shape index (κ2) is 9.16. The Morgan fingerprint density at radius 2 is 1.84 bits per heavy atom. The zero-order valence-electron chi connectivity index (χ0n) is 20.3. The zero-order valence-corrected chi connectivity index (χ0v) is 20.3. The van der Waals surface area contributed by atoms with Crippen LogP contribution in [0.5, 0.6) is 0 Å². The molecule has 0 saturated heterocycles. The minimum Gasteiger partial charge on any atom is -0.336 e. The molecule has 4 heterocycles. The number of hydrogen-bond acceptors (Lipinski definition) is 7. The van der Waals surface area contributed by atoms with E-state index in [-0.39, 0.29) is 11.9 Å². The molecule has 6 rings (SSSR count). The fraction of sp³-hybridized carbons (Fsp3) is 0.148. The normalized spacial score (nSPS) is 12.6. The van der Waals surface area contributed by atoms with E-state index in [0.717, 1.165) is 27.7 Å². The van der Waals surface area contributed by atoms with E-state index in [9.17, 15) is 4.39 Å². The quantitative estimate of drug-likeness (QED) is 0.315. The molecule has 4 aromatic heterocycles. The Bertz CT molecular complexity index is 1720. The maximum atomic E-state index is 14.6. The van der Waals surface area contributed by atoms with Gasteiger partial charge in [0.25, 0.3) is 0 Å². The third-order valence-electron chi connectivity index (χ3n) is 6.23. The lowest BCUT2D eigenvalue weighted by atomic mass is 10.0. The van der Waals surface area contributed by atoms with Gasteiger partial charge in [0.15, 0.2) is 5.82 Å². The van der Waals surface area contributed by atoms with Crippen molar-refractivity contribution < 1.29 is 4.39 Å². The molecule has 37 heavy (non-hydrogen) atoms. The van der Waals surface area contributed by atoms with Crippen LogP contribution in [-0.4, -0.2) is 60.7 Å². The molecule has 0 saturated carbocycles. The third kappa shape index (κ3) is 4.32. The molecule has 184 valence electrons. The lowest BCUT2D eigenvalue weighted by molar-refractivity contribution is 0.376. The number of fused-ring (bicyclic) bond motifs is 2. The molecular formula is C27H24FN9. The van der Waals surface area contributed by atoms with E-state index in [1.807, 2.05) is 49.3 Å².